The Kier molecular flexibility index (Phi) is 5.62. The second-order valence-electron chi connectivity index (χ2n) is 7.14. The standard InChI is InChI=1S/C22H28N2O2/c1-5-22-23-19-8-6-7-9-20(19)24(22)13-17(25)14-26-21-12-16(4)10-11-18(21)15(2)3/h6-12,15,17,25H,5,13-14H2,1-4H3. The van der Waals surface area contributed by atoms with Gasteiger partial charge in [0.1, 0.15) is 24.3 Å². The molecule has 0 saturated heterocycles. The van der Waals surface area contributed by atoms with Crippen molar-refractivity contribution in [2.75, 3.05) is 6.61 Å². The first-order valence-corrected chi connectivity index (χ1v) is 9.35. The summed E-state index contributed by atoms with van der Waals surface area (Å²) in [6.07, 6.45) is 0.232. The minimum absolute atomic E-state index is 0.263. The molecule has 3 rings (SSSR count). The van der Waals surface area contributed by atoms with E-state index >= 15 is 0 Å². The Balaban J connectivity index is 1.74. The largest absolute Gasteiger partial charge is 0.491 e. The number of aliphatic hydroxyl groups is 1. The molecular weight excluding hydrogens is 324 g/mol. The fourth-order valence-corrected chi connectivity index (χ4v) is 3.29. The number of aryl methyl sites for hydroxylation is 2. The molecule has 0 amide bonds. The molecule has 0 saturated carbocycles. The van der Waals surface area contributed by atoms with Crippen molar-refractivity contribution in [1.29, 1.82) is 0 Å². The van der Waals surface area contributed by atoms with Gasteiger partial charge in [-0.2, -0.15) is 0 Å². The summed E-state index contributed by atoms with van der Waals surface area (Å²) >= 11 is 0. The molecule has 1 heterocycles. The molecule has 26 heavy (non-hydrogen) atoms. The summed E-state index contributed by atoms with van der Waals surface area (Å²) in [5, 5.41) is 10.6. The predicted octanol–water partition coefficient (Wildman–Crippen LogP) is 4.47. The van der Waals surface area contributed by atoms with E-state index in [9.17, 15) is 5.11 Å². The first-order valence-electron chi connectivity index (χ1n) is 9.35. The number of aliphatic hydroxyl groups excluding tert-OH is 1. The summed E-state index contributed by atoms with van der Waals surface area (Å²) in [6, 6.07) is 14.3. The highest BCUT2D eigenvalue weighted by Gasteiger charge is 2.15. The van der Waals surface area contributed by atoms with Crippen LogP contribution in [0.4, 0.5) is 0 Å². The Bertz CT molecular complexity index is 883. The lowest BCUT2D eigenvalue weighted by Gasteiger charge is -2.18. The fraction of sp³-hybridized carbons (Fsp3) is 0.409. The van der Waals surface area contributed by atoms with Crippen LogP contribution >= 0.6 is 0 Å². The normalized spacial score (nSPS) is 12.7. The molecule has 0 spiro atoms. The van der Waals surface area contributed by atoms with Crippen molar-refractivity contribution < 1.29 is 9.84 Å². The minimum atomic E-state index is -0.599. The van der Waals surface area contributed by atoms with Gasteiger partial charge in [0, 0.05) is 6.42 Å². The van der Waals surface area contributed by atoms with Crippen molar-refractivity contribution in [3.05, 3.63) is 59.4 Å². The van der Waals surface area contributed by atoms with Crippen LogP contribution in [-0.4, -0.2) is 27.4 Å². The number of fused-ring (bicyclic) bond motifs is 1. The number of nitrogens with zero attached hydrogens (tertiary/aromatic N) is 2. The molecule has 1 unspecified atom stereocenters. The van der Waals surface area contributed by atoms with Gasteiger partial charge in [-0.3, -0.25) is 0 Å². The van der Waals surface area contributed by atoms with Crippen LogP contribution in [0.2, 0.25) is 0 Å². The Morgan fingerprint density at radius 1 is 1.15 bits per heavy atom. The molecule has 0 bridgehead atoms. The van der Waals surface area contributed by atoms with Gasteiger partial charge in [0.25, 0.3) is 0 Å². The highest BCUT2D eigenvalue weighted by atomic mass is 16.5. The average Bonchev–Trinajstić information content (AvgIpc) is 2.97. The topological polar surface area (TPSA) is 47.3 Å². The zero-order chi connectivity index (χ0) is 18.7. The molecule has 4 heteroatoms. The molecule has 1 N–H and O–H groups in total. The van der Waals surface area contributed by atoms with Crippen LogP contribution in [-0.2, 0) is 13.0 Å². The van der Waals surface area contributed by atoms with Crippen molar-refractivity contribution in [3.8, 4) is 5.75 Å². The van der Waals surface area contributed by atoms with Gasteiger partial charge in [0.05, 0.1) is 17.6 Å². The Labute approximate surface area is 155 Å². The highest BCUT2D eigenvalue weighted by molar-refractivity contribution is 5.75. The quantitative estimate of drug-likeness (QED) is 0.682. The van der Waals surface area contributed by atoms with E-state index in [0.717, 1.165) is 34.6 Å². The maximum atomic E-state index is 10.6. The molecule has 0 aliphatic carbocycles. The van der Waals surface area contributed by atoms with Gasteiger partial charge in [-0.1, -0.05) is 45.0 Å². The summed E-state index contributed by atoms with van der Waals surface area (Å²) in [5.74, 6) is 2.24. The summed E-state index contributed by atoms with van der Waals surface area (Å²) in [7, 11) is 0. The third kappa shape index (κ3) is 3.91. The number of para-hydroxylation sites is 2. The number of aromatic nitrogens is 2. The van der Waals surface area contributed by atoms with Crippen molar-refractivity contribution in [1.82, 2.24) is 9.55 Å². The first-order chi connectivity index (χ1) is 12.5. The van der Waals surface area contributed by atoms with Crippen LogP contribution in [0.15, 0.2) is 42.5 Å². The predicted molar refractivity (Wildman–Crippen MR) is 106 cm³/mol. The fourth-order valence-electron chi connectivity index (χ4n) is 3.29. The maximum absolute atomic E-state index is 10.6. The number of benzene rings is 2. The van der Waals surface area contributed by atoms with E-state index in [0.29, 0.717) is 12.5 Å². The van der Waals surface area contributed by atoms with E-state index < -0.39 is 6.10 Å². The lowest BCUT2D eigenvalue weighted by atomic mass is 10.0. The van der Waals surface area contributed by atoms with E-state index in [1.165, 1.54) is 5.56 Å². The number of rotatable bonds is 7. The Morgan fingerprint density at radius 3 is 2.65 bits per heavy atom. The van der Waals surface area contributed by atoms with Crippen molar-refractivity contribution >= 4 is 11.0 Å². The molecule has 2 aromatic carbocycles. The van der Waals surface area contributed by atoms with Gasteiger partial charge in [-0.25, -0.2) is 4.98 Å². The van der Waals surface area contributed by atoms with E-state index in [2.05, 4.69) is 49.4 Å². The molecule has 0 aliphatic heterocycles. The van der Waals surface area contributed by atoms with E-state index in [1.54, 1.807) is 0 Å². The van der Waals surface area contributed by atoms with Crippen LogP contribution < -0.4 is 4.74 Å². The number of hydrogen-bond acceptors (Lipinski definition) is 3. The Hall–Kier alpha value is -2.33. The van der Waals surface area contributed by atoms with Crippen molar-refractivity contribution in [2.45, 2.75) is 52.7 Å². The minimum Gasteiger partial charge on any atom is -0.491 e. The Morgan fingerprint density at radius 2 is 1.92 bits per heavy atom. The van der Waals surface area contributed by atoms with Crippen LogP contribution in [0.1, 0.15) is 43.6 Å². The first kappa shape index (κ1) is 18.5. The SMILES string of the molecule is CCc1nc2ccccc2n1CC(O)COc1cc(C)ccc1C(C)C. The van der Waals surface area contributed by atoms with Crippen molar-refractivity contribution in [3.63, 3.8) is 0 Å². The second kappa shape index (κ2) is 7.92. The zero-order valence-electron chi connectivity index (χ0n) is 16.1. The van der Waals surface area contributed by atoms with Gasteiger partial charge in [0.2, 0.25) is 0 Å². The van der Waals surface area contributed by atoms with E-state index in [4.69, 9.17) is 4.74 Å². The summed E-state index contributed by atoms with van der Waals surface area (Å²) in [4.78, 5) is 4.66. The molecule has 138 valence electrons. The maximum Gasteiger partial charge on any atom is 0.123 e. The number of ether oxygens (including phenoxy) is 1. The molecule has 3 aromatic rings. The average molecular weight is 352 g/mol. The van der Waals surface area contributed by atoms with E-state index in [-0.39, 0.29) is 6.61 Å². The molecular formula is C22H28N2O2. The lowest BCUT2D eigenvalue weighted by Crippen LogP contribution is -2.24. The van der Waals surface area contributed by atoms with Gasteiger partial charge in [0.15, 0.2) is 0 Å². The van der Waals surface area contributed by atoms with Crippen LogP contribution in [0.3, 0.4) is 0 Å². The van der Waals surface area contributed by atoms with Gasteiger partial charge in [-0.15, -0.1) is 0 Å². The summed E-state index contributed by atoms with van der Waals surface area (Å²) in [6.45, 7) is 9.18. The van der Waals surface area contributed by atoms with Gasteiger partial charge in [-0.05, 0) is 42.2 Å². The zero-order valence-corrected chi connectivity index (χ0v) is 16.1. The third-order valence-corrected chi connectivity index (χ3v) is 4.67. The van der Waals surface area contributed by atoms with Gasteiger partial charge < -0.3 is 14.4 Å². The summed E-state index contributed by atoms with van der Waals surface area (Å²) in [5.41, 5.74) is 4.36. The summed E-state index contributed by atoms with van der Waals surface area (Å²) < 4.78 is 8.09. The highest BCUT2D eigenvalue weighted by Crippen LogP contribution is 2.27. The molecule has 0 fully saturated rings. The molecule has 0 aliphatic rings. The lowest BCUT2D eigenvalue weighted by molar-refractivity contribution is 0.0921. The van der Waals surface area contributed by atoms with Crippen LogP contribution in [0, 0.1) is 6.92 Å². The molecule has 1 atom stereocenters. The number of hydrogen-bond donors (Lipinski definition) is 1. The third-order valence-electron chi connectivity index (χ3n) is 4.67. The molecule has 1 aromatic heterocycles. The molecule has 4 nitrogen and oxygen atoms in total. The van der Waals surface area contributed by atoms with Crippen molar-refractivity contribution in [2.24, 2.45) is 0 Å². The monoisotopic (exact) mass is 352 g/mol. The van der Waals surface area contributed by atoms with Crippen LogP contribution in [0.5, 0.6) is 5.75 Å². The molecule has 0 radical (unpaired) electrons. The van der Waals surface area contributed by atoms with Crippen LogP contribution in [0.25, 0.3) is 11.0 Å². The van der Waals surface area contributed by atoms with E-state index in [1.807, 2.05) is 30.3 Å². The second-order valence-corrected chi connectivity index (χ2v) is 7.14. The van der Waals surface area contributed by atoms with Gasteiger partial charge >= 0.3 is 0 Å². The number of imidazole rings is 1. The smallest absolute Gasteiger partial charge is 0.123 e.